The Morgan fingerprint density at radius 2 is 1.84 bits per heavy atom. The summed E-state index contributed by atoms with van der Waals surface area (Å²) >= 11 is 0. The van der Waals surface area contributed by atoms with E-state index < -0.39 is 0 Å². The maximum Gasteiger partial charge on any atom is 0.126 e. The zero-order chi connectivity index (χ0) is 13.7. The molecule has 0 aliphatic heterocycles. The predicted molar refractivity (Wildman–Crippen MR) is 78.7 cm³/mol. The Morgan fingerprint density at radius 3 is 2.53 bits per heavy atom. The first-order valence-electron chi connectivity index (χ1n) is 7.66. The van der Waals surface area contributed by atoms with Gasteiger partial charge in [-0.15, -0.1) is 0 Å². The molecule has 0 bridgehead atoms. The molecule has 1 saturated carbocycles. The van der Waals surface area contributed by atoms with Crippen LogP contribution in [0.5, 0.6) is 0 Å². The van der Waals surface area contributed by atoms with Crippen LogP contribution in [-0.4, -0.2) is 12.1 Å². The third kappa shape index (κ3) is 4.31. The summed E-state index contributed by atoms with van der Waals surface area (Å²) in [6.07, 6.45) is 7.61. The first-order valence-corrected chi connectivity index (χ1v) is 7.66. The van der Waals surface area contributed by atoms with Gasteiger partial charge in [0.1, 0.15) is 5.82 Å². The second kappa shape index (κ2) is 7.04. The van der Waals surface area contributed by atoms with E-state index in [-0.39, 0.29) is 5.82 Å². The average Bonchev–Trinajstić information content (AvgIpc) is 2.42. The van der Waals surface area contributed by atoms with Crippen molar-refractivity contribution in [2.75, 3.05) is 0 Å². The Labute approximate surface area is 116 Å². The maximum atomic E-state index is 13.6. The summed E-state index contributed by atoms with van der Waals surface area (Å²) < 4.78 is 13.6. The summed E-state index contributed by atoms with van der Waals surface area (Å²) in [5.41, 5.74) is 0.818. The highest BCUT2D eigenvalue weighted by molar-refractivity contribution is 5.18. The Balaban J connectivity index is 1.83. The SMILES string of the molecule is CC(Cc1ccccc1F)N[C@@H](C)C1CCCCC1. The van der Waals surface area contributed by atoms with Crippen LogP contribution in [0.2, 0.25) is 0 Å². The summed E-state index contributed by atoms with van der Waals surface area (Å²) in [6, 6.07) is 7.97. The molecule has 0 radical (unpaired) electrons. The molecule has 0 heterocycles. The van der Waals surface area contributed by atoms with Gasteiger partial charge in [-0.05, 0) is 50.7 Å². The highest BCUT2D eigenvalue weighted by Gasteiger charge is 2.21. The van der Waals surface area contributed by atoms with Crippen LogP contribution in [0.3, 0.4) is 0 Å². The molecule has 2 heteroatoms. The molecule has 1 N–H and O–H groups in total. The van der Waals surface area contributed by atoms with Crippen LogP contribution in [0.25, 0.3) is 0 Å². The second-order valence-corrected chi connectivity index (χ2v) is 6.05. The molecule has 2 rings (SSSR count). The van der Waals surface area contributed by atoms with Crippen molar-refractivity contribution >= 4 is 0 Å². The Bertz CT molecular complexity index is 385. The molecular weight excluding hydrogens is 237 g/mol. The van der Waals surface area contributed by atoms with Crippen molar-refractivity contribution in [1.82, 2.24) is 5.32 Å². The molecule has 0 spiro atoms. The molecule has 106 valence electrons. The normalized spacial score (nSPS) is 20.2. The van der Waals surface area contributed by atoms with Crippen molar-refractivity contribution in [2.24, 2.45) is 5.92 Å². The number of halogens is 1. The van der Waals surface area contributed by atoms with Gasteiger partial charge in [-0.25, -0.2) is 4.39 Å². The van der Waals surface area contributed by atoms with Crippen molar-refractivity contribution < 1.29 is 4.39 Å². The van der Waals surface area contributed by atoms with E-state index in [0.717, 1.165) is 17.9 Å². The van der Waals surface area contributed by atoms with Gasteiger partial charge in [0.15, 0.2) is 0 Å². The van der Waals surface area contributed by atoms with Gasteiger partial charge in [0.25, 0.3) is 0 Å². The van der Waals surface area contributed by atoms with Crippen LogP contribution in [0, 0.1) is 11.7 Å². The lowest BCUT2D eigenvalue weighted by Crippen LogP contribution is -2.41. The van der Waals surface area contributed by atoms with Gasteiger partial charge in [0.2, 0.25) is 0 Å². The van der Waals surface area contributed by atoms with Crippen molar-refractivity contribution in [1.29, 1.82) is 0 Å². The van der Waals surface area contributed by atoms with Crippen LogP contribution in [0.1, 0.15) is 51.5 Å². The number of hydrogen-bond acceptors (Lipinski definition) is 1. The Morgan fingerprint density at radius 1 is 1.16 bits per heavy atom. The van der Waals surface area contributed by atoms with Gasteiger partial charge in [-0.2, -0.15) is 0 Å². The van der Waals surface area contributed by atoms with Gasteiger partial charge >= 0.3 is 0 Å². The van der Waals surface area contributed by atoms with E-state index >= 15 is 0 Å². The van der Waals surface area contributed by atoms with Gasteiger partial charge in [0.05, 0.1) is 0 Å². The van der Waals surface area contributed by atoms with Crippen molar-refractivity contribution in [2.45, 2.75) is 64.5 Å². The lowest BCUT2D eigenvalue weighted by atomic mass is 9.84. The molecule has 1 aliphatic rings. The summed E-state index contributed by atoms with van der Waals surface area (Å²) in [5.74, 6) is 0.721. The van der Waals surface area contributed by atoms with Crippen LogP contribution < -0.4 is 5.32 Å². The molecule has 1 unspecified atom stereocenters. The van der Waals surface area contributed by atoms with E-state index in [9.17, 15) is 4.39 Å². The Kier molecular flexibility index (Phi) is 5.38. The number of rotatable bonds is 5. The lowest BCUT2D eigenvalue weighted by molar-refractivity contribution is 0.266. The minimum Gasteiger partial charge on any atom is -0.311 e. The number of nitrogens with one attached hydrogen (secondary N) is 1. The third-order valence-corrected chi connectivity index (χ3v) is 4.39. The minimum atomic E-state index is -0.0820. The smallest absolute Gasteiger partial charge is 0.126 e. The van der Waals surface area contributed by atoms with Gasteiger partial charge < -0.3 is 5.32 Å². The zero-order valence-corrected chi connectivity index (χ0v) is 12.2. The van der Waals surface area contributed by atoms with Crippen LogP contribution >= 0.6 is 0 Å². The second-order valence-electron chi connectivity index (χ2n) is 6.05. The van der Waals surface area contributed by atoms with E-state index in [4.69, 9.17) is 0 Å². The first kappa shape index (κ1) is 14.5. The fourth-order valence-corrected chi connectivity index (χ4v) is 3.27. The molecule has 0 amide bonds. The van der Waals surface area contributed by atoms with Crippen molar-refractivity contribution in [3.63, 3.8) is 0 Å². The van der Waals surface area contributed by atoms with E-state index in [1.807, 2.05) is 12.1 Å². The molecule has 1 nitrogen and oxygen atoms in total. The topological polar surface area (TPSA) is 12.0 Å². The fourth-order valence-electron chi connectivity index (χ4n) is 3.27. The Hall–Kier alpha value is -0.890. The molecular formula is C17H26FN. The van der Waals surface area contributed by atoms with E-state index in [0.29, 0.717) is 12.1 Å². The van der Waals surface area contributed by atoms with Gasteiger partial charge in [0, 0.05) is 12.1 Å². The summed E-state index contributed by atoms with van der Waals surface area (Å²) in [4.78, 5) is 0. The molecule has 1 aromatic carbocycles. The van der Waals surface area contributed by atoms with E-state index in [1.165, 1.54) is 32.1 Å². The molecule has 1 aromatic rings. The zero-order valence-electron chi connectivity index (χ0n) is 12.2. The molecule has 1 fully saturated rings. The summed E-state index contributed by atoms with van der Waals surface area (Å²) in [5, 5.41) is 3.66. The van der Waals surface area contributed by atoms with Crippen molar-refractivity contribution in [3.8, 4) is 0 Å². The number of hydrogen-bond donors (Lipinski definition) is 1. The average molecular weight is 263 g/mol. The fraction of sp³-hybridized carbons (Fsp3) is 0.647. The molecule has 1 aliphatic carbocycles. The first-order chi connectivity index (χ1) is 9.16. The minimum absolute atomic E-state index is 0.0820. The largest absolute Gasteiger partial charge is 0.311 e. The van der Waals surface area contributed by atoms with E-state index in [2.05, 4.69) is 19.2 Å². The monoisotopic (exact) mass is 263 g/mol. The highest BCUT2D eigenvalue weighted by atomic mass is 19.1. The van der Waals surface area contributed by atoms with Crippen LogP contribution in [0.4, 0.5) is 4.39 Å². The molecule has 2 atom stereocenters. The third-order valence-electron chi connectivity index (χ3n) is 4.39. The lowest BCUT2D eigenvalue weighted by Gasteiger charge is -2.30. The quantitative estimate of drug-likeness (QED) is 0.834. The van der Waals surface area contributed by atoms with Crippen molar-refractivity contribution in [3.05, 3.63) is 35.6 Å². The summed E-state index contributed by atoms with van der Waals surface area (Å²) in [6.45, 7) is 4.44. The molecule has 0 saturated heterocycles. The van der Waals surface area contributed by atoms with Crippen LogP contribution in [0.15, 0.2) is 24.3 Å². The van der Waals surface area contributed by atoms with Crippen LogP contribution in [-0.2, 0) is 6.42 Å². The van der Waals surface area contributed by atoms with E-state index in [1.54, 1.807) is 12.1 Å². The molecule has 19 heavy (non-hydrogen) atoms. The standard InChI is InChI=1S/C17H26FN/c1-13(12-16-10-6-7-11-17(16)18)19-14(2)15-8-4-3-5-9-15/h6-7,10-11,13-15,19H,3-5,8-9,12H2,1-2H3/t13?,14-/m0/s1. The maximum absolute atomic E-state index is 13.6. The summed E-state index contributed by atoms with van der Waals surface area (Å²) in [7, 11) is 0. The predicted octanol–water partition coefficient (Wildman–Crippen LogP) is 4.32. The van der Waals surface area contributed by atoms with Gasteiger partial charge in [-0.1, -0.05) is 37.5 Å². The molecule has 0 aromatic heterocycles. The van der Waals surface area contributed by atoms with Gasteiger partial charge in [-0.3, -0.25) is 0 Å². The number of benzene rings is 1. The highest BCUT2D eigenvalue weighted by Crippen LogP contribution is 2.26.